The topological polar surface area (TPSA) is 52.6 Å². The highest BCUT2D eigenvalue weighted by Gasteiger charge is 2.14. The number of ether oxygens (including phenoxy) is 2. The Bertz CT molecular complexity index is 280. The molecule has 0 rings (SSSR count). The molecule has 0 aromatic heterocycles. The van der Waals surface area contributed by atoms with E-state index in [1.54, 1.807) is 0 Å². The second-order valence-electron chi connectivity index (χ2n) is 6.71. The van der Waals surface area contributed by atoms with Crippen LogP contribution in [-0.4, -0.2) is 24.1 Å². The second-order valence-corrected chi connectivity index (χ2v) is 6.71. The molecule has 0 aromatic rings. The van der Waals surface area contributed by atoms with Gasteiger partial charge in [-0.3, -0.25) is 9.59 Å². The third-order valence-corrected chi connectivity index (χ3v) is 3.03. The van der Waals surface area contributed by atoms with Gasteiger partial charge in [-0.05, 0) is 44.9 Å². The minimum absolute atomic E-state index is 0.0597. The molecule has 0 spiro atoms. The summed E-state index contributed by atoms with van der Waals surface area (Å²) in [6.07, 6.45) is 2.64. The number of carbonyl (C=O) groups excluding carboxylic acids is 2. The normalized spacial score (nSPS) is 14.1. The smallest absolute Gasteiger partial charge is 0.306 e. The molecular weight excluding hydrogens is 268 g/mol. The first-order valence-corrected chi connectivity index (χ1v) is 8.09. The van der Waals surface area contributed by atoms with Gasteiger partial charge in [0.25, 0.3) is 0 Å². The largest absolute Gasteiger partial charge is 0.463 e. The van der Waals surface area contributed by atoms with Gasteiger partial charge in [-0.25, -0.2) is 0 Å². The van der Waals surface area contributed by atoms with E-state index >= 15 is 0 Å². The molecule has 0 radical (unpaired) electrons. The van der Waals surface area contributed by atoms with Crippen LogP contribution < -0.4 is 0 Å². The number of carbonyl (C=O) groups is 2. The molecule has 0 amide bonds. The molecule has 0 bridgehead atoms. The van der Waals surface area contributed by atoms with Crippen LogP contribution in [-0.2, 0) is 19.1 Å². The maximum absolute atomic E-state index is 11.6. The Kier molecular flexibility index (Phi) is 10.1. The zero-order valence-corrected chi connectivity index (χ0v) is 14.5. The number of rotatable bonds is 10. The molecular formula is C17H32O4. The lowest BCUT2D eigenvalue weighted by Crippen LogP contribution is -2.18. The van der Waals surface area contributed by atoms with Crippen LogP contribution in [0.2, 0.25) is 0 Å². The summed E-state index contributed by atoms with van der Waals surface area (Å²) in [5.74, 6) is 0.549. The van der Waals surface area contributed by atoms with Crippen molar-refractivity contribution in [3.63, 3.8) is 0 Å². The molecule has 21 heavy (non-hydrogen) atoms. The zero-order chi connectivity index (χ0) is 16.4. The van der Waals surface area contributed by atoms with Crippen LogP contribution in [0.25, 0.3) is 0 Å². The van der Waals surface area contributed by atoms with E-state index in [0.717, 1.165) is 12.8 Å². The molecule has 0 aliphatic rings. The summed E-state index contributed by atoms with van der Waals surface area (Å²) in [6, 6.07) is 0. The fraction of sp³-hybridized carbons (Fsp3) is 0.882. The molecule has 0 aliphatic heterocycles. The van der Waals surface area contributed by atoms with Crippen molar-refractivity contribution in [3.8, 4) is 0 Å². The maximum atomic E-state index is 11.6. The maximum Gasteiger partial charge on any atom is 0.306 e. The minimum Gasteiger partial charge on any atom is -0.463 e. The van der Waals surface area contributed by atoms with Crippen LogP contribution in [0.1, 0.15) is 73.6 Å². The molecule has 2 unspecified atom stereocenters. The molecule has 0 aromatic carbocycles. The molecule has 0 heterocycles. The molecule has 2 atom stereocenters. The van der Waals surface area contributed by atoms with Gasteiger partial charge in [0.2, 0.25) is 0 Å². The van der Waals surface area contributed by atoms with Gasteiger partial charge in [-0.1, -0.05) is 27.7 Å². The van der Waals surface area contributed by atoms with Crippen molar-refractivity contribution in [3.05, 3.63) is 0 Å². The van der Waals surface area contributed by atoms with Crippen LogP contribution in [0.4, 0.5) is 0 Å². The lowest BCUT2D eigenvalue weighted by molar-refractivity contribution is -0.150. The van der Waals surface area contributed by atoms with E-state index in [9.17, 15) is 9.59 Å². The Balaban J connectivity index is 3.78. The van der Waals surface area contributed by atoms with Crippen molar-refractivity contribution in [2.45, 2.75) is 85.9 Å². The lowest BCUT2D eigenvalue weighted by Gasteiger charge is -2.16. The third kappa shape index (κ3) is 12.4. The molecule has 0 N–H and O–H groups in total. The van der Waals surface area contributed by atoms with Gasteiger partial charge < -0.3 is 9.47 Å². The molecule has 4 nitrogen and oxygen atoms in total. The number of esters is 2. The van der Waals surface area contributed by atoms with Crippen molar-refractivity contribution in [1.29, 1.82) is 0 Å². The van der Waals surface area contributed by atoms with Crippen LogP contribution in [0.15, 0.2) is 0 Å². The monoisotopic (exact) mass is 300 g/mol. The van der Waals surface area contributed by atoms with Crippen molar-refractivity contribution >= 4 is 11.9 Å². The molecule has 0 saturated heterocycles. The standard InChI is InChI=1S/C17H32O4/c1-12(2)10-14(5)20-16(18)8-7-9-17(19)21-15(6)11-13(3)4/h12-15H,7-11H2,1-6H3. The summed E-state index contributed by atoms with van der Waals surface area (Å²) in [7, 11) is 0. The van der Waals surface area contributed by atoms with E-state index in [1.807, 2.05) is 13.8 Å². The van der Waals surface area contributed by atoms with Gasteiger partial charge in [0.05, 0.1) is 12.2 Å². The van der Waals surface area contributed by atoms with Gasteiger partial charge in [-0.2, -0.15) is 0 Å². The van der Waals surface area contributed by atoms with Crippen LogP contribution >= 0.6 is 0 Å². The summed E-state index contributed by atoms with van der Waals surface area (Å²) < 4.78 is 10.6. The van der Waals surface area contributed by atoms with Crippen molar-refractivity contribution < 1.29 is 19.1 Å². The Morgan fingerprint density at radius 1 is 0.714 bits per heavy atom. The van der Waals surface area contributed by atoms with E-state index in [2.05, 4.69) is 27.7 Å². The lowest BCUT2D eigenvalue weighted by atomic mass is 10.1. The van der Waals surface area contributed by atoms with E-state index in [4.69, 9.17) is 9.47 Å². The van der Waals surface area contributed by atoms with Gasteiger partial charge in [-0.15, -0.1) is 0 Å². The van der Waals surface area contributed by atoms with Crippen molar-refractivity contribution in [1.82, 2.24) is 0 Å². The third-order valence-electron chi connectivity index (χ3n) is 3.03. The predicted molar refractivity (Wildman–Crippen MR) is 83.9 cm³/mol. The summed E-state index contributed by atoms with van der Waals surface area (Å²) in [5, 5.41) is 0. The van der Waals surface area contributed by atoms with Crippen molar-refractivity contribution in [2.24, 2.45) is 11.8 Å². The highest BCUT2D eigenvalue weighted by Crippen LogP contribution is 2.11. The van der Waals surface area contributed by atoms with E-state index < -0.39 is 0 Å². The average molecular weight is 300 g/mol. The van der Waals surface area contributed by atoms with Gasteiger partial charge in [0.1, 0.15) is 0 Å². The van der Waals surface area contributed by atoms with Crippen LogP contribution in [0.3, 0.4) is 0 Å². The fourth-order valence-corrected chi connectivity index (χ4v) is 2.37. The SMILES string of the molecule is CC(C)CC(C)OC(=O)CCCC(=O)OC(C)CC(C)C. The summed E-state index contributed by atoms with van der Waals surface area (Å²) in [6.45, 7) is 12.2. The van der Waals surface area contributed by atoms with E-state index in [-0.39, 0.29) is 37.0 Å². The van der Waals surface area contributed by atoms with Gasteiger partial charge in [0.15, 0.2) is 0 Å². The van der Waals surface area contributed by atoms with Crippen LogP contribution in [0.5, 0.6) is 0 Å². The Labute approximate surface area is 129 Å². The first-order chi connectivity index (χ1) is 9.70. The number of hydrogen-bond acceptors (Lipinski definition) is 4. The average Bonchev–Trinajstić information content (AvgIpc) is 2.25. The Morgan fingerprint density at radius 3 is 1.33 bits per heavy atom. The summed E-state index contributed by atoms with van der Waals surface area (Å²) in [4.78, 5) is 23.2. The van der Waals surface area contributed by atoms with Crippen molar-refractivity contribution in [2.75, 3.05) is 0 Å². The molecule has 0 saturated carbocycles. The first kappa shape index (κ1) is 19.9. The van der Waals surface area contributed by atoms with Gasteiger partial charge in [0, 0.05) is 12.8 Å². The van der Waals surface area contributed by atoms with E-state index in [0.29, 0.717) is 18.3 Å². The van der Waals surface area contributed by atoms with Crippen LogP contribution in [0, 0.1) is 11.8 Å². The summed E-state index contributed by atoms with van der Waals surface area (Å²) >= 11 is 0. The van der Waals surface area contributed by atoms with Gasteiger partial charge >= 0.3 is 11.9 Å². The molecule has 0 fully saturated rings. The second kappa shape index (κ2) is 10.6. The minimum atomic E-state index is -0.230. The highest BCUT2D eigenvalue weighted by atomic mass is 16.5. The van der Waals surface area contributed by atoms with E-state index in [1.165, 1.54) is 0 Å². The Morgan fingerprint density at radius 2 is 1.05 bits per heavy atom. The zero-order valence-electron chi connectivity index (χ0n) is 14.5. The number of hydrogen-bond donors (Lipinski definition) is 0. The predicted octanol–water partition coefficient (Wildman–Crippen LogP) is 4.11. The first-order valence-electron chi connectivity index (χ1n) is 8.09. The Hall–Kier alpha value is -1.06. The molecule has 124 valence electrons. The summed E-state index contributed by atoms with van der Waals surface area (Å²) in [5.41, 5.74) is 0. The quantitative estimate of drug-likeness (QED) is 0.570. The highest BCUT2D eigenvalue weighted by molar-refractivity contribution is 5.72. The fourth-order valence-electron chi connectivity index (χ4n) is 2.37. The molecule has 0 aliphatic carbocycles. The molecule has 4 heteroatoms.